The van der Waals surface area contributed by atoms with Gasteiger partial charge in [-0.25, -0.2) is 13.8 Å². The van der Waals surface area contributed by atoms with Crippen molar-refractivity contribution in [2.75, 3.05) is 11.9 Å². The first-order valence-corrected chi connectivity index (χ1v) is 9.40. The number of hydrogen-bond donors (Lipinski definition) is 2. The number of benzene rings is 2. The predicted molar refractivity (Wildman–Crippen MR) is 109 cm³/mol. The number of carbonyl (C=O) groups excluding carboxylic acids is 1. The minimum absolute atomic E-state index is 0.0682. The second-order valence-electron chi connectivity index (χ2n) is 6.54. The maximum Gasteiger partial charge on any atom is 0.257 e. The molecule has 1 aromatic heterocycles. The van der Waals surface area contributed by atoms with Crippen LogP contribution in [0.5, 0.6) is 0 Å². The molecule has 30 heavy (non-hydrogen) atoms. The van der Waals surface area contributed by atoms with Gasteiger partial charge in [-0.15, -0.1) is 0 Å². The minimum atomic E-state index is -0.807. The van der Waals surface area contributed by atoms with E-state index in [4.69, 9.17) is 11.6 Å². The van der Waals surface area contributed by atoms with E-state index in [-0.39, 0.29) is 30.1 Å². The normalized spacial score (nSPS) is 10.8. The van der Waals surface area contributed by atoms with Gasteiger partial charge in [-0.1, -0.05) is 11.6 Å². The van der Waals surface area contributed by atoms with Gasteiger partial charge < -0.3 is 10.4 Å². The highest BCUT2D eigenvalue weighted by Crippen LogP contribution is 2.21. The Morgan fingerprint density at radius 1 is 1.20 bits per heavy atom. The molecule has 0 unspecified atom stereocenters. The first-order valence-electron chi connectivity index (χ1n) is 9.02. The standard InChI is InChI=1S/C21H18ClF2N3O3/c1-12-16(8-9-28)21(30)27(20(25-12)13-2-4-14(22)5-3-13)11-19(29)26-18-10-15(23)6-7-17(18)24/h2-7,10,28H,8-9,11H2,1H3,(H,26,29). The summed E-state index contributed by atoms with van der Waals surface area (Å²) in [4.78, 5) is 30.0. The highest BCUT2D eigenvalue weighted by Gasteiger charge is 2.18. The highest BCUT2D eigenvalue weighted by molar-refractivity contribution is 6.30. The van der Waals surface area contributed by atoms with Crippen molar-refractivity contribution in [2.45, 2.75) is 19.9 Å². The molecule has 6 nitrogen and oxygen atoms in total. The molecule has 156 valence electrons. The Hall–Kier alpha value is -3.10. The Bertz CT molecular complexity index is 1150. The topological polar surface area (TPSA) is 84.2 Å². The number of amides is 1. The molecule has 0 aliphatic carbocycles. The molecule has 0 saturated heterocycles. The number of nitrogens with zero attached hydrogens (tertiary/aromatic N) is 2. The summed E-state index contributed by atoms with van der Waals surface area (Å²) in [6.45, 7) is 0.884. The molecule has 0 spiro atoms. The maximum atomic E-state index is 13.8. The average molecular weight is 434 g/mol. The Morgan fingerprint density at radius 3 is 2.57 bits per heavy atom. The van der Waals surface area contributed by atoms with Crippen LogP contribution in [-0.4, -0.2) is 27.2 Å². The highest BCUT2D eigenvalue weighted by atomic mass is 35.5. The lowest BCUT2D eigenvalue weighted by Crippen LogP contribution is -2.33. The molecule has 0 atom stereocenters. The Balaban J connectivity index is 2.03. The molecular formula is C21H18ClF2N3O3. The zero-order chi connectivity index (χ0) is 21.8. The van der Waals surface area contributed by atoms with Crippen LogP contribution in [-0.2, 0) is 17.8 Å². The molecule has 0 aliphatic heterocycles. The van der Waals surface area contributed by atoms with Gasteiger partial charge in [0.15, 0.2) is 0 Å². The summed E-state index contributed by atoms with van der Waals surface area (Å²) < 4.78 is 28.3. The fourth-order valence-corrected chi connectivity index (χ4v) is 3.12. The molecule has 1 heterocycles. The van der Waals surface area contributed by atoms with Gasteiger partial charge in [0.05, 0.1) is 5.69 Å². The lowest BCUT2D eigenvalue weighted by molar-refractivity contribution is -0.116. The van der Waals surface area contributed by atoms with E-state index >= 15 is 0 Å². The lowest BCUT2D eigenvalue weighted by Gasteiger charge is -2.16. The van der Waals surface area contributed by atoms with Gasteiger partial charge in [0, 0.05) is 40.9 Å². The molecule has 0 saturated carbocycles. The van der Waals surface area contributed by atoms with Crippen molar-refractivity contribution in [2.24, 2.45) is 0 Å². The maximum absolute atomic E-state index is 13.8. The molecule has 9 heteroatoms. The van der Waals surface area contributed by atoms with Gasteiger partial charge in [0.25, 0.3) is 5.56 Å². The van der Waals surface area contributed by atoms with E-state index in [1.165, 1.54) is 0 Å². The number of aliphatic hydroxyl groups is 1. The molecular weight excluding hydrogens is 416 g/mol. The summed E-state index contributed by atoms with van der Waals surface area (Å²) in [7, 11) is 0. The number of hydrogen-bond acceptors (Lipinski definition) is 4. The van der Waals surface area contributed by atoms with Crippen molar-refractivity contribution in [3.63, 3.8) is 0 Å². The van der Waals surface area contributed by atoms with E-state index in [9.17, 15) is 23.5 Å². The van der Waals surface area contributed by atoms with Crippen molar-refractivity contribution < 1.29 is 18.7 Å². The number of aliphatic hydroxyl groups excluding tert-OH is 1. The van der Waals surface area contributed by atoms with Gasteiger partial charge in [-0.3, -0.25) is 14.2 Å². The summed E-state index contributed by atoms with van der Waals surface area (Å²) in [6, 6.07) is 9.20. The number of anilines is 1. The Labute approximate surface area is 175 Å². The first kappa shape index (κ1) is 21.6. The molecule has 2 aromatic carbocycles. The third kappa shape index (κ3) is 4.72. The van der Waals surface area contributed by atoms with Crippen molar-refractivity contribution >= 4 is 23.2 Å². The van der Waals surface area contributed by atoms with Crippen molar-refractivity contribution in [3.8, 4) is 11.4 Å². The molecule has 3 aromatic rings. The summed E-state index contributed by atoms with van der Waals surface area (Å²) in [5.74, 6) is -2.05. The van der Waals surface area contributed by atoms with Gasteiger partial charge in [-0.05, 0) is 43.3 Å². The van der Waals surface area contributed by atoms with E-state index in [1.54, 1.807) is 31.2 Å². The third-order valence-corrected chi connectivity index (χ3v) is 4.69. The van der Waals surface area contributed by atoms with Gasteiger partial charge in [0.2, 0.25) is 5.91 Å². The molecule has 2 N–H and O–H groups in total. The van der Waals surface area contributed by atoms with E-state index in [0.29, 0.717) is 16.3 Å². The van der Waals surface area contributed by atoms with Crippen molar-refractivity contribution in [1.82, 2.24) is 9.55 Å². The number of nitrogens with one attached hydrogen (secondary N) is 1. The summed E-state index contributed by atoms with van der Waals surface area (Å²) in [6.07, 6.45) is 0.0682. The van der Waals surface area contributed by atoms with E-state index < -0.39 is 29.6 Å². The zero-order valence-electron chi connectivity index (χ0n) is 16.0. The smallest absolute Gasteiger partial charge is 0.257 e. The summed E-state index contributed by atoms with van der Waals surface area (Å²) >= 11 is 5.92. The van der Waals surface area contributed by atoms with Crippen LogP contribution < -0.4 is 10.9 Å². The lowest BCUT2D eigenvalue weighted by atomic mass is 10.1. The SMILES string of the molecule is Cc1nc(-c2ccc(Cl)cc2)n(CC(=O)Nc2cc(F)ccc2F)c(=O)c1CCO. The number of aromatic nitrogens is 2. The summed E-state index contributed by atoms with van der Waals surface area (Å²) in [5.41, 5.74) is 0.389. The second kappa shape index (κ2) is 9.15. The first-order chi connectivity index (χ1) is 14.3. The van der Waals surface area contributed by atoms with Gasteiger partial charge >= 0.3 is 0 Å². The number of carbonyl (C=O) groups is 1. The molecule has 0 bridgehead atoms. The van der Waals surface area contributed by atoms with Crippen molar-refractivity contribution in [3.05, 3.63) is 80.7 Å². The fourth-order valence-electron chi connectivity index (χ4n) is 2.99. The zero-order valence-corrected chi connectivity index (χ0v) is 16.7. The molecule has 0 aliphatic rings. The number of halogens is 3. The van der Waals surface area contributed by atoms with E-state index in [2.05, 4.69) is 10.3 Å². The average Bonchev–Trinajstić information content (AvgIpc) is 2.70. The number of rotatable bonds is 6. The Kier molecular flexibility index (Phi) is 6.59. The predicted octanol–water partition coefficient (Wildman–Crippen LogP) is 3.32. The van der Waals surface area contributed by atoms with E-state index in [1.807, 2.05) is 0 Å². The van der Waals surface area contributed by atoms with Crippen LogP contribution in [0.2, 0.25) is 5.02 Å². The Morgan fingerprint density at radius 2 is 1.90 bits per heavy atom. The van der Waals surface area contributed by atoms with Crippen LogP contribution in [0.3, 0.4) is 0 Å². The molecule has 0 radical (unpaired) electrons. The van der Waals surface area contributed by atoms with Crippen LogP contribution in [0.25, 0.3) is 11.4 Å². The monoisotopic (exact) mass is 433 g/mol. The van der Waals surface area contributed by atoms with Crippen LogP contribution >= 0.6 is 11.6 Å². The van der Waals surface area contributed by atoms with Crippen LogP contribution in [0.15, 0.2) is 47.3 Å². The van der Waals surface area contributed by atoms with Crippen LogP contribution in [0.4, 0.5) is 14.5 Å². The van der Waals surface area contributed by atoms with Crippen LogP contribution in [0, 0.1) is 18.6 Å². The largest absolute Gasteiger partial charge is 0.396 e. The molecule has 1 amide bonds. The fraction of sp³-hybridized carbons (Fsp3) is 0.190. The van der Waals surface area contributed by atoms with Gasteiger partial charge in [-0.2, -0.15) is 0 Å². The summed E-state index contributed by atoms with van der Waals surface area (Å²) in [5, 5.41) is 12.0. The van der Waals surface area contributed by atoms with E-state index in [0.717, 1.165) is 22.8 Å². The minimum Gasteiger partial charge on any atom is -0.396 e. The number of aryl methyl sites for hydroxylation is 1. The van der Waals surface area contributed by atoms with Crippen molar-refractivity contribution in [1.29, 1.82) is 0 Å². The van der Waals surface area contributed by atoms with Gasteiger partial charge in [0.1, 0.15) is 24.0 Å². The second-order valence-corrected chi connectivity index (χ2v) is 6.98. The molecule has 0 fully saturated rings. The quantitative estimate of drug-likeness (QED) is 0.624. The molecule has 3 rings (SSSR count). The van der Waals surface area contributed by atoms with Crippen LogP contribution in [0.1, 0.15) is 11.3 Å². The third-order valence-electron chi connectivity index (χ3n) is 4.44.